The molecule has 0 atom stereocenters. The molecule has 4 nitrogen and oxygen atoms in total. The van der Waals surface area contributed by atoms with Gasteiger partial charge in [-0.25, -0.2) is 4.79 Å². The molecule has 1 heterocycles. The molecule has 0 aromatic heterocycles. The van der Waals surface area contributed by atoms with Gasteiger partial charge in [0.1, 0.15) is 0 Å². The molecule has 0 N–H and O–H groups in total. The normalized spacial score (nSPS) is 18.6. The number of rotatable bonds is 2. The van der Waals surface area contributed by atoms with Crippen LogP contribution in [0, 0.1) is 0 Å². The first-order valence-corrected chi connectivity index (χ1v) is 5.52. The zero-order chi connectivity index (χ0) is 13.1. The van der Waals surface area contributed by atoms with E-state index >= 15 is 0 Å². The smallest absolute Gasteiger partial charge is 0.422 e. The van der Waals surface area contributed by atoms with Gasteiger partial charge < -0.3 is 9.64 Å². The minimum absolute atomic E-state index is 0.378. The fraction of sp³-hybridized carbons (Fsp3) is 0.900. The summed E-state index contributed by atoms with van der Waals surface area (Å²) >= 11 is 0. The van der Waals surface area contributed by atoms with E-state index in [0.717, 1.165) is 0 Å². The van der Waals surface area contributed by atoms with Crippen molar-refractivity contribution in [3.8, 4) is 0 Å². The Morgan fingerprint density at radius 1 is 1.24 bits per heavy atom. The van der Waals surface area contributed by atoms with Crippen molar-refractivity contribution in [2.75, 3.05) is 32.8 Å². The van der Waals surface area contributed by atoms with Crippen LogP contribution in [0.3, 0.4) is 0 Å². The van der Waals surface area contributed by atoms with E-state index in [4.69, 9.17) is 0 Å². The Balaban J connectivity index is 2.31. The number of hydrogen-bond acceptors (Lipinski definition) is 3. The topological polar surface area (TPSA) is 32.8 Å². The molecule has 0 radical (unpaired) electrons. The van der Waals surface area contributed by atoms with Gasteiger partial charge in [0, 0.05) is 32.2 Å². The molecular weight excluding hydrogens is 237 g/mol. The van der Waals surface area contributed by atoms with E-state index in [-0.39, 0.29) is 0 Å². The zero-order valence-electron chi connectivity index (χ0n) is 9.96. The maximum absolute atomic E-state index is 11.8. The van der Waals surface area contributed by atoms with E-state index < -0.39 is 18.9 Å². The van der Waals surface area contributed by atoms with Crippen LogP contribution in [0.15, 0.2) is 0 Å². The highest BCUT2D eigenvalue weighted by Crippen LogP contribution is 2.15. The second-order valence-corrected chi connectivity index (χ2v) is 4.29. The summed E-state index contributed by atoms with van der Waals surface area (Å²) in [5.41, 5.74) is 0. The molecule has 0 spiro atoms. The molecule has 0 aliphatic carbocycles. The highest BCUT2D eigenvalue weighted by Gasteiger charge is 2.31. The second kappa shape index (κ2) is 5.57. The van der Waals surface area contributed by atoms with Gasteiger partial charge in [-0.2, -0.15) is 13.2 Å². The third-order valence-corrected chi connectivity index (χ3v) is 2.66. The average molecular weight is 254 g/mol. The fourth-order valence-corrected chi connectivity index (χ4v) is 1.66. The molecule has 17 heavy (non-hydrogen) atoms. The number of hydrogen-bond donors (Lipinski definition) is 0. The van der Waals surface area contributed by atoms with E-state index in [1.807, 2.05) is 13.8 Å². The van der Waals surface area contributed by atoms with Crippen LogP contribution >= 0.6 is 0 Å². The monoisotopic (exact) mass is 254 g/mol. The van der Waals surface area contributed by atoms with E-state index in [0.29, 0.717) is 32.2 Å². The summed E-state index contributed by atoms with van der Waals surface area (Å²) in [6.07, 6.45) is -5.35. The Bertz CT molecular complexity index is 261. The van der Waals surface area contributed by atoms with Crippen molar-refractivity contribution in [2.45, 2.75) is 26.1 Å². The van der Waals surface area contributed by atoms with Crippen molar-refractivity contribution in [3.63, 3.8) is 0 Å². The SMILES string of the molecule is CC(C)N1CCN(C(=O)OCC(F)(F)F)CC1. The summed E-state index contributed by atoms with van der Waals surface area (Å²) in [4.78, 5) is 14.8. The summed E-state index contributed by atoms with van der Waals surface area (Å²) in [6.45, 7) is 4.72. The Labute approximate surface area is 98.3 Å². The van der Waals surface area contributed by atoms with Crippen LogP contribution in [-0.4, -0.2) is 60.9 Å². The first kappa shape index (κ1) is 14.1. The number of carbonyl (C=O) groups is 1. The van der Waals surface area contributed by atoms with Crippen molar-refractivity contribution < 1.29 is 22.7 Å². The molecule has 1 aliphatic rings. The van der Waals surface area contributed by atoms with Crippen LogP contribution < -0.4 is 0 Å². The van der Waals surface area contributed by atoms with E-state index in [9.17, 15) is 18.0 Å². The highest BCUT2D eigenvalue weighted by atomic mass is 19.4. The van der Waals surface area contributed by atoms with Gasteiger partial charge in [-0.15, -0.1) is 0 Å². The van der Waals surface area contributed by atoms with Crippen LogP contribution in [0.4, 0.5) is 18.0 Å². The van der Waals surface area contributed by atoms with Gasteiger partial charge in [-0.1, -0.05) is 0 Å². The molecule has 1 saturated heterocycles. The van der Waals surface area contributed by atoms with Crippen molar-refractivity contribution >= 4 is 6.09 Å². The number of alkyl halides is 3. The summed E-state index contributed by atoms with van der Waals surface area (Å²) in [5, 5.41) is 0. The molecule has 0 aromatic rings. The Hall–Kier alpha value is -0.980. The van der Waals surface area contributed by atoms with Gasteiger partial charge in [-0.3, -0.25) is 4.90 Å². The Morgan fingerprint density at radius 3 is 2.18 bits per heavy atom. The largest absolute Gasteiger partial charge is 0.440 e. The molecule has 1 fully saturated rings. The lowest BCUT2D eigenvalue weighted by atomic mass is 10.2. The van der Waals surface area contributed by atoms with E-state index in [1.165, 1.54) is 4.90 Å². The average Bonchev–Trinajstić information content (AvgIpc) is 2.25. The predicted molar refractivity (Wildman–Crippen MR) is 55.7 cm³/mol. The van der Waals surface area contributed by atoms with Crippen LogP contribution in [0.1, 0.15) is 13.8 Å². The van der Waals surface area contributed by atoms with Crippen molar-refractivity contribution in [1.29, 1.82) is 0 Å². The third kappa shape index (κ3) is 4.80. The lowest BCUT2D eigenvalue weighted by Gasteiger charge is -2.36. The van der Waals surface area contributed by atoms with E-state index in [2.05, 4.69) is 9.64 Å². The third-order valence-electron chi connectivity index (χ3n) is 2.66. The number of amides is 1. The molecule has 0 bridgehead atoms. The van der Waals surface area contributed by atoms with Crippen molar-refractivity contribution in [3.05, 3.63) is 0 Å². The molecule has 1 aliphatic heterocycles. The number of nitrogens with zero attached hydrogens (tertiary/aromatic N) is 2. The number of piperazine rings is 1. The highest BCUT2D eigenvalue weighted by molar-refractivity contribution is 5.67. The molecular formula is C10H17F3N2O2. The van der Waals surface area contributed by atoms with Crippen LogP contribution in [0.5, 0.6) is 0 Å². The van der Waals surface area contributed by atoms with Crippen molar-refractivity contribution in [1.82, 2.24) is 9.80 Å². The molecule has 7 heteroatoms. The summed E-state index contributed by atoms with van der Waals surface area (Å²) in [7, 11) is 0. The van der Waals surface area contributed by atoms with Gasteiger partial charge >= 0.3 is 12.3 Å². The van der Waals surface area contributed by atoms with Gasteiger partial charge in [0.25, 0.3) is 0 Å². The van der Waals surface area contributed by atoms with Crippen LogP contribution in [0.2, 0.25) is 0 Å². The molecule has 1 rings (SSSR count). The minimum Gasteiger partial charge on any atom is -0.440 e. The fourth-order valence-electron chi connectivity index (χ4n) is 1.66. The Morgan fingerprint density at radius 2 is 1.76 bits per heavy atom. The number of carbonyl (C=O) groups excluding carboxylic acids is 1. The molecule has 1 amide bonds. The van der Waals surface area contributed by atoms with Crippen molar-refractivity contribution in [2.24, 2.45) is 0 Å². The van der Waals surface area contributed by atoms with Gasteiger partial charge in [0.15, 0.2) is 6.61 Å². The zero-order valence-corrected chi connectivity index (χ0v) is 9.96. The maximum Gasteiger partial charge on any atom is 0.422 e. The summed E-state index contributed by atoms with van der Waals surface area (Å²) < 4.78 is 39.7. The number of ether oxygens (including phenoxy) is 1. The lowest BCUT2D eigenvalue weighted by Crippen LogP contribution is -2.51. The summed E-state index contributed by atoms with van der Waals surface area (Å²) in [5.74, 6) is 0. The molecule has 100 valence electrons. The second-order valence-electron chi connectivity index (χ2n) is 4.29. The number of halogens is 3. The van der Waals surface area contributed by atoms with Gasteiger partial charge in [0.05, 0.1) is 0 Å². The predicted octanol–water partition coefficient (Wildman–Crippen LogP) is 1.71. The van der Waals surface area contributed by atoms with Gasteiger partial charge in [-0.05, 0) is 13.8 Å². The molecule has 0 saturated carbocycles. The summed E-state index contributed by atoms with van der Waals surface area (Å²) in [6, 6.07) is 0.378. The van der Waals surface area contributed by atoms with E-state index in [1.54, 1.807) is 0 Å². The molecule has 0 unspecified atom stereocenters. The first-order valence-electron chi connectivity index (χ1n) is 5.52. The standard InChI is InChI=1S/C10H17F3N2O2/c1-8(2)14-3-5-15(6-4-14)9(16)17-7-10(11,12)13/h8H,3-7H2,1-2H3. The lowest BCUT2D eigenvalue weighted by molar-refractivity contribution is -0.162. The van der Waals surface area contributed by atoms with Gasteiger partial charge in [0.2, 0.25) is 0 Å². The van der Waals surface area contributed by atoms with Crippen LogP contribution in [-0.2, 0) is 4.74 Å². The molecule has 0 aromatic carbocycles. The maximum atomic E-state index is 11.8. The quantitative estimate of drug-likeness (QED) is 0.752. The Kier molecular flexibility index (Phi) is 4.62. The first-order chi connectivity index (χ1) is 7.79. The minimum atomic E-state index is -4.46. The van der Waals surface area contributed by atoms with Crippen LogP contribution in [0.25, 0.3) is 0 Å².